The average molecular weight is 420 g/mol. The Morgan fingerprint density at radius 1 is 0.967 bits per heavy atom. The highest BCUT2D eigenvalue weighted by Gasteiger charge is 2.15. The second kappa shape index (κ2) is 8.90. The van der Waals surface area contributed by atoms with Gasteiger partial charge in [0.15, 0.2) is 0 Å². The lowest BCUT2D eigenvalue weighted by molar-refractivity contribution is 0.0698. The van der Waals surface area contributed by atoms with Gasteiger partial charge in [-0.2, -0.15) is 5.26 Å². The quantitative estimate of drug-likeness (QED) is 0.321. The van der Waals surface area contributed by atoms with Crippen LogP contribution >= 0.6 is 11.6 Å². The van der Waals surface area contributed by atoms with Gasteiger partial charge < -0.3 is 15.6 Å². The Morgan fingerprint density at radius 3 is 2.30 bits per heavy atom. The van der Waals surface area contributed by atoms with E-state index in [0.717, 1.165) is 0 Å². The van der Waals surface area contributed by atoms with E-state index in [1.54, 1.807) is 36.4 Å². The van der Waals surface area contributed by atoms with Gasteiger partial charge in [-0.25, -0.2) is 4.79 Å². The molecule has 0 aliphatic heterocycles. The maximum Gasteiger partial charge on any atom is 0.337 e. The molecule has 3 aromatic carbocycles. The lowest BCUT2D eigenvalue weighted by Gasteiger charge is -2.10. The number of nitrogens with one attached hydrogen (secondary N) is 1. The minimum atomic E-state index is -1.22. The summed E-state index contributed by atoms with van der Waals surface area (Å²) in [6.45, 7) is 0. The number of carboxylic acid groups (broad SMARTS) is 1. The second-order valence-corrected chi connectivity index (χ2v) is 6.60. The molecule has 1 amide bonds. The minimum absolute atomic E-state index is 0.118. The summed E-state index contributed by atoms with van der Waals surface area (Å²) in [6.07, 6.45) is 0. The number of nitrogens with zero attached hydrogens (tertiary/aromatic N) is 2. The largest absolute Gasteiger partial charge is 0.478 e. The third kappa shape index (κ3) is 4.46. The first kappa shape index (κ1) is 20.6. The summed E-state index contributed by atoms with van der Waals surface area (Å²) >= 11 is 5.82. The number of hydrogen-bond acceptors (Lipinski definition) is 5. The molecule has 7 nitrogen and oxygen atoms in total. The van der Waals surface area contributed by atoms with Crippen molar-refractivity contribution in [2.24, 2.45) is 5.16 Å². The van der Waals surface area contributed by atoms with Gasteiger partial charge >= 0.3 is 5.97 Å². The fraction of sp³-hybridized carbons (Fsp3) is 0. The van der Waals surface area contributed by atoms with Crippen molar-refractivity contribution in [3.8, 4) is 6.07 Å². The summed E-state index contributed by atoms with van der Waals surface area (Å²) in [5.41, 5.74) is 1.99. The van der Waals surface area contributed by atoms with E-state index in [9.17, 15) is 19.9 Å². The van der Waals surface area contributed by atoms with Gasteiger partial charge in [0.2, 0.25) is 0 Å². The number of benzene rings is 3. The number of carbonyl (C=O) groups excluding carboxylic acids is 1. The van der Waals surface area contributed by atoms with Crippen molar-refractivity contribution in [2.45, 2.75) is 0 Å². The van der Waals surface area contributed by atoms with Crippen LogP contribution < -0.4 is 5.32 Å². The summed E-state index contributed by atoms with van der Waals surface area (Å²) < 4.78 is 0. The molecule has 0 heterocycles. The number of nitriles is 1. The molecule has 0 unspecified atom stereocenters. The summed E-state index contributed by atoms with van der Waals surface area (Å²) in [5.74, 6) is -1.73. The molecule has 0 aliphatic carbocycles. The molecule has 0 radical (unpaired) electrons. The lowest BCUT2D eigenvalue weighted by atomic mass is 9.99. The van der Waals surface area contributed by atoms with Gasteiger partial charge in [-0.15, -0.1) is 0 Å². The maximum atomic E-state index is 12.5. The number of anilines is 1. The van der Waals surface area contributed by atoms with Crippen LogP contribution in [-0.4, -0.2) is 27.9 Å². The van der Waals surface area contributed by atoms with Crippen LogP contribution in [0.1, 0.15) is 37.4 Å². The van der Waals surface area contributed by atoms with Crippen molar-refractivity contribution in [2.75, 3.05) is 5.32 Å². The Hall–Kier alpha value is -4.15. The third-order valence-corrected chi connectivity index (χ3v) is 4.48. The first-order chi connectivity index (χ1) is 14.4. The number of halogens is 1. The van der Waals surface area contributed by atoms with Crippen LogP contribution in [0.15, 0.2) is 71.9 Å². The predicted octanol–water partition coefficient (Wildman–Crippen LogP) is 4.39. The Bertz CT molecular complexity index is 1200. The molecule has 148 valence electrons. The monoisotopic (exact) mass is 419 g/mol. The number of amides is 1. The van der Waals surface area contributed by atoms with Crippen molar-refractivity contribution in [1.82, 2.24) is 0 Å². The van der Waals surface area contributed by atoms with E-state index in [1.165, 1.54) is 30.3 Å². The minimum Gasteiger partial charge on any atom is -0.478 e. The number of carbonyl (C=O) groups is 2. The normalized spacial score (nSPS) is 10.9. The van der Waals surface area contributed by atoms with E-state index in [4.69, 9.17) is 16.9 Å². The van der Waals surface area contributed by atoms with Gasteiger partial charge in [0.05, 0.1) is 22.9 Å². The summed E-state index contributed by atoms with van der Waals surface area (Å²) in [5, 5.41) is 33.9. The molecule has 0 saturated heterocycles. The topological polar surface area (TPSA) is 123 Å². The third-order valence-electron chi connectivity index (χ3n) is 4.25. The molecule has 0 saturated carbocycles. The van der Waals surface area contributed by atoms with Gasteiger partial charge in [-0.05, 0) is 42.5 Å². The average Bonchev–Trinajstić information content (AvgIpc) is 2.76. The van der Waals surface area contributed by atoms with E-state index in [1.807, 2.05) is 6.07 Å². The van der Waals surface area contributed by atoms with Crippen LogP contribution in [-0.2, 0) is 0 Å². The van der Waals surface area contributed by atoms with Gasteiger partial charge in [-0.1, -0.05) is 41.0 Å². The van der Waals surface area contributed by atoms with Crippen LogP contribution in [0, 0.1) is 11.3 Å². The van der Waals surface area contributed by atoms with Crippen LogP contribution in [0.4, 0.5) is 5.69 Å². The van der Waals surface area contributed by atoms with Crippen LogP contribution in [0.25, 0.3) is 0 Å². The zero-order valence-corrected chi connectivity index (χ0v) is 16.1. The van der Waals surface area contributed by atoms with Gasteiger partial charge in [0.1, 0.15) is 5.71 Å². The number of aromatic carboxylic acids is 1. The standard InChI is InChI=1S/C22H14ClN3O4/c23-17-8-9-19(18(11-17)22(28)29)25-21(27)15-6-4-14(5-7-15)20(26-30)16-3-1-2-13(10-16)12-24/h1-11,30H,(H,25,27)(H,28,29)/b26-20+. The van der Waals surface area contributed by atoms with E-state index in [-0.39, 0.29) is 27.5 Å². The fourth-order valence-corrected chi connectivity index (χ4v) is 2.97. The van der Waals surface area contributed by atoms with E-state index in [0.29, 0.717) is 16.7 Å². The SMILES string of the molecule is N#Cc1cccc(/C(=N/O)c2ccc(C(=O)Nc3ccc(Cl)cc3C(=O)O)cc2)c1. The van der Waals surface area contributed by atoms with E-state index < -0.39 is 11.9 Å². The van der Waals surface area contributed by atoms with Crippen LogP contribution in [0.3, 0.4) is 0 Å². The van der Waals surface area contributed by atoms with Crippen molar-refractivity contribution >= 4 is 34.9 Å². The van der Waals surface area contributed by atoms with Crippen molar-refractivity contribution in [3.05, 3.63) is 99.6 Å². The van der Waals surface area contributed by atoms with Gasteiger partial charge in [-0.3, -0.25) is 4.79 Å². The Morgan fingerprint density at radius 2 is 1.67 bits per heavy atom. The molecular formula is C22H14ClN3O4. The molecule has 3 N–H and O–H groups in total. The van der Waals surface area contributed by atoms with Gasteiger partial charge in [0, 0.05) is 21.7 Å². The molecule has 8 heteroatoms. The predicted molar refractivity (Wildman–Crippen MR) is 111 cm³/mol. The molecular weight excluding hydrogens is 406 g/mol. The highest BCUT2D eigenvalue weighted by molar-refractivity contribution is 6.31. The summed E-state index contributed by atoms with van der Waals surface area (Å²) in [7, 11) is 0. The molecule has 3 aromatic rings. The molecule has 0 spiro atoms. The molecule has 3 rings (SSSR count). The highest BCUT2D eigenvalue weighted by Crippen LogP contribution is 2.22. The molecule has 0 aromatic heterocycles. The fourth-order valence-electron chi connectivity index (χ4n) is 2.79. The number of hydrogen-bond donors (Lipinski definition) is 3. The van der Waals surface area contributed by atoms with Crippen molar-refractivity contribution in [1.29, 1.82) is 5.26 Å². The first-order valence-electron chi connectivity index (χ1n) is 8.60. The van der Waals surface area contributed by atoms with Crippen molar-refractivity contribution < 1.29 is 19.9 Å². The van der Waals surface area contributed by atoms with E-state index >= 15 is 0 Å². The summed E-state index contributed by atoms with van der Waals surface area (Å²) in [4.78, 5) is 23.9. The number of oxime groups is 1. The maximum absolute atomic E-state index is 12.5. The zero-order valence-electron chi connectivity index (χ0n) is 15.3. The molecule has 30 heavy (non-hydrogen) atoms. The van der Waals surface area contributed by atoms with Crippen molar-refractivity contribution in [3.63, 3.8) is 0 Å². The summed E-state index contributed by atoms with van der Waals surface area (Å²) in [6, 6.07) is 19.0. The molecule has 0 fully saturated rings. The molecule has 0 bridgehead atoms. The van der Waals surface area contributed by atoms with Crippen LogP contribution in [0.2, 0.25) is 5.02 Å². The second-order valence-electron chi connectivity index (χ2n) is 6.17. The Balaban J connectivity index is 1.84. The Labute approximate surface area is 176 Å². The van der Waals surface area contributed by atoms with Gasteiger partial charge in [0.25, 0.3) is 5.91 Å². The number of carboxylic acids is 1. The lowest BCUT2D eigenvalue weighted by Crippen LogP contribution is -2.15. The smallest absolute Gasteiger partial charge is 0.337 e. The first-order valence-corrected chi connectivity index (χ1v) is 8.98. The Kier molecular flexibility index (Phi) is 6.11. The zero-order chi connectivity index (χ0) is 21.7. The number of rotatable bonds is 5. The van der Waals surface area contributed by atoms with E-state index in [2.05, 4.69) is 10.5 Å². The van der Waals surface area contributed by atoms with Crippen LogP contribution in [0.5, 0.6) is 0 Å². The highest BCUT2D eigenvalue weighted by atomic mass is 35.5. The molecule has 0 atom stereocenters. The molecule has 0 aliphatic rings.